The minimum Gasteiger partial charge on any atom is -0.478 e. The van der Waals surface area contributed by atoms with Gasteiger partial charge in [0, 0.05) is 13.0 Å². The summed E-state index contributed by atoms with van der Waals surface area (Å²) in [5, 5.41) is 18.7. The summed E-state index contributed by atoms with van der Waals surface area (Å²) in [6, 6.07) is 5.26. The number of carboxylic acid groups (broad SMARTS) is 1. The minimum absolute atomic E-state index is 0.249. The average Bonchev–Trinajstić information content (AvgIpc) is 2.76. The lowest BCUT2D eigenvalue weighted by Gasteiger charge is -2.09. The van der Waals surface area contributed by atoms with Gasteiger partial charge in [-0.15, -0.1) is 0 Å². The number of rotatable bonds is 7. The second-order valence-electron chi connectivity index (χ2n) is 5.40. The normalized spacial score (nSPS) is 12.7. The highest BCUT2D eigenvalue weighted by Gasteiger charge is 2.16. The molecule has 1 aromatic carbocycles. The van der Waals surface area contributed by atoms with Crippen molar-refractivity contribution in [1.82, 2.24) is 9.55 Å². The summed E-state index contributed by atoms with van der Waals surface area (Å²) in [5.74, 6) is -0.0240. The van der Waals surface area contributed by atoms with Crippen LogP contribution in [0.2, 0.25) is 0 Å². The quantitative estimate of drug-likeness (QED) is 0.822. The van der Waals surface area contributed by atoms with Crippen LogP contribution < -0.4 is 0 Å². The van der Waals surface area contributed by atoms with E-state index in [9.17, 15) is 15.0 Å². The highest BCUT2D eigenvalue weighted by atomic mass is 16.4. The Labute approximate surface area is 124 Å². The van der Waals surface area contributed by atoms with E-state index in [4.69, 9.17) is 0 Å². The number of carboxylic acids is 1. The number of aryl methyl sites for hydroxylation is 2. The van der Waals surface area contributed by atoms with E-state index in [0.717, 1.165) is 43.6 Å². The molecule has 0 saturated carbocycles. The van der Waals surface area contributed by atoms with Crippen molar-refractivity contribution in [3.8, 4) is 0 Å². The molecule has 1 heterocycles. The molecule has 0 fully saturated rings. The van der Waals surface area contributed by atoms with E-state index >= 15 is 0 Å². The molecule has 1 aromatic heterocycles. The monoisotopic (exact) mass is 290 g/mol. The summed E-state index contributed by atoms with van der Waals surface area (Å²) in [6.07, 6.45) is 3.04. The van der Waals surface area contributed by atoms with Crippen molar-refractivity contribution in [3.63, 3.8) is 0 Å². The van der Waals surface area contributed by atoms with E-state index in [0.29, 0.717) is 5.52 Å². The number of aromatic carboxylic acids is 1. The summed E-state index contributed by atoms with van der Waals surface area (Å²) in [7, 11) is 0. The summed E-state index contributed by atoms with van der Waals surface area (Å²) in [4.78, 5) is 15.9. The molecule has 1 unspecified atom stereocenters. The molecule has 0 aliphatic rings. The smallest absolute Gasteiger partial charge is 0.337 e. The predicted molar refractivity (Wildman–Crippen MR) is 81.6 cm³/mol. The Morgan fingerprint density at radius 2 is 2.19 bits per heavy atom. The van der Waals surface area contributed by atoms with Crippen molar-refractivity contribution in [1.29, 1.82) is 0 Å². The maximum Gasteiger partial charge on any atom is 0.337 e. The molecule has 114 valence electrons. The van der Waals surface area contributed by atoms with Gasteiger partial charge >= 0.3 is 5.97 Å². The largest absolute Gasteiger partial charge is 0.478 e. The van der Waals surface area contributed by atoms with E-state index in [2.05, 4.69) is 16.5 Å². The first-order chi connectivity index (χ1) is 10.0. The van der Waals surface area contributed by atoms with Gasteiger partial charge in [0.25, 0.3) is 0 Å². The van der Waals surface area contributed by atoms with E-state index in [-0.39, 0.29) is 11.7 Å². The maximum atomic E-state index is 11.3. The van der Waals surface area contributed by atoms with Crippen molar-refractivity contribution in [2.24, 2.45) is 0 Å². The molecule has 0 bridgehead atoms. The van der Waals surface area contributed by atoms with Gasteiger partial charge in [-0.1, -0.05) is 13.0 Å². The van der Waals surface area contributed by atoms with Crippen LogP contribution in [0.1, 0.15) is 49.3 Å². The molecular weight excluding hydrogens is 268 g/mol. The van der Waals surface area contributed by atoms with Crippen LogP contribution in [-0.2, 0) is 13.0 Å². The maximum absolute atomic E-state index is 11.3. The van der Waals surface area contributed by atoms with Crippen molar-refractivity contribution in [2.45, 2.75) is 52.2 Å². The number of para-hydroxylation sites is 1. The van der Waals surface area contributed by atoms with Crippen LogP contribution in [0.5, 0.6) is 0 Å². The zero-order valence-corrected chi connectivity index (χ0v) is 12.5. The van der Waals surface area contributed by atoms with Crippen molar-refractivity contribution in [3.05, 3.63) is 29.6 Å². The molecule has 5 heteroatoms. The average molecular weight is 290 g/mol. The Morgan fingerprint density at radius 3 is 2.81 bits per heavy atom. The zero-order chi connectivity index (χ0) is 15.4. The Bertz CT molecular complexity index is 632. The molecule has 0 spiro atoms. The van der Waals surface area contributed by atoms with Crippen molar-refractivity contribution >= 4 is 17.0 Å². The van der Waals surface area contributed by atoms with Crippen LogP contribution in [0.3, 0.4) is 0 Å². The summed E-state index contributed by atoms with van der Waals surface area (Å²) in [5.41, 5.74) is 1.67. The van der Waals surface area contributed by atoms with E-state index in [1.165, 1.54) is 0 Å². The molecule has 0 saturated heterocycles. The first-order valence-electron chi connectivity index (χ1n) is 7.44. The number of hydrogen-bond donors (Lipinski definition) is 2. The Morgan fingerprint density at radius 1 is 1.43 bits per heavy atom. The van der Waals surface area contributed by atoms with Crippen LogP contribution >= 0.6 is 0 Å². The van der Waals surface area contributed by atoms with Gasteiger partial charge in [-0.2, -0.15) is 0 Å². The molecule has 0 amide bonds. The molecule has 5 nitrogen and oxygen atoms in total. The van der Waals surface area contributed by atoms with Crippen LogP contribution in [0.15, 0.2) is 18.2 Å². The molecular formula is C16H22N2O3. The van der Waals surface area contributed by atoms with Gasteiger partial charge in [-0.25, -0.2) is 9.78 Å². The van der Waals surface area contributed by atoms with Gasteiger partial charge in [0.15, 0.2) is 0 Å². The molecule has 0 aliphatic carbocycles. The Kier molecular flexibility index (Phi) is 4.96. The summed E-state index contributed by atoms with van der Waals surface area (Å²) in [6.45, 7) is 4.61. The fourth-order valence-electron chi connectivity index (χ4n) is 2.58. The minimum atomic E-state index is -0.947. The van der Waals surface area contributed by atoms with Crippen molar-refractivity contribution in [2.75, 3.05) is 0 Å². The van der Waals surface area contributed by atoms with Crippen LogP contribution in [-0.4, -0.2) is 31.8 Å². The number of carbonyl (C=O) groups is 1. The number of aliphatic hydroxyl groups excluding tert-OH is 1. The van der Waals surface area contributed by atoms with Gasteiger partial charge in [-0.05, 0) is 38.3 Å². The number of imidazole rings is 1. The molecule has 2 aromatic rings. The van der Waals surface area contributed by atoms with Gasteiger partial charge in [-0.3, -0.25) is 0 Å². The number of aromatic nitrogens is 2. The second kappa shape index (κ2) is 6.72. The summed E-state index contributed by atoms with van der Waals surface area (Å²) >= 11 is 0. The molecule has 21 heavy (non-hydrogen) atoms. The number of fused-ring (bicyclic) bond motifs is 1. The lowest BCUT2D eigenvalue weighted by Crippen LogP contribution is -2.07. The zero-order valence-electron chi connectivity index (χ0n) is 12.5. The highest BCUT2D eigenvalue weighted by molar-refractivity contribution is 6.01. The standard InChI is InChI=1S/C16H22N2O3/c1-3-6-14-17-15-12(16(20)21)8-4-9-13(15)18(14)10-5-7-11(2)19/h4,8-9,11,19H,3,5-7,10H2,1-2H3,(H,20,21). The predicted octanol–water partition coefficient (Wildman–Crippen LogP) is 2.85. The second-order valence-corrected chi connectivity index (χ2v) is 5.40. The molecule has 2 rings (SSSR count). The van der Waals surface area contributed by atoms with Gasteiger partial charge in [0.1, 0.15) is 11.3 Å². The van der Waals surface area contributed by atoms with Crippen LogP contribution in [0, 0.1) is 0 Å². The number of hydrogen-bond acceptors (Lipinski definition) is 3. The molecule has 2 N–H and O–H groups in total. The number of nitrogens with zero attached hydrogens (tertiary/aromatic N) is 2. The Balaban J connectivity index is 2.42. The topological polar surface area (TPSA) is 75.3 Å². The van der Waals surface area contributed by atoms with E-state index in [1.54, 1.807) is 19.1 Å². The van der Waals surface area contributed by atoms with E-state index < -0.39 is 5.97 Å². The third-order valence-electron chi connectivity index (χ3n) is 3.57. The molecule has 0 aliphatic heterocycles. The van der Waals surface area contributed by atoms with Gasteiger partial charge in [0.05, 0.1) is 17.2 Å². The van der Waals surface area contributed by atoms with Gasteiger partial charge in [0.2, 0.25) is 0 Å². The molecule has 0 radical (unpaired) electrons. The third-order valence-corrected chi connectivity index (χ3v) is 3.57. The lowest BCUT2D eigenvalue weighted by atomic mass is 10.2. The summed E-state index contributed by atoms with van der Waals surface area (Å²) < 4.78 is 2.09. The fourth-order valence-corrected chi connectivity index (χ4v) is 2.58. The van der Waals surface area contributed by atoms with Gasteiger partial charge < -0.3 is 14.8 Å². The number of aliphatic hydroxyl groups is 1. The first kappa shape index (κ1) is 15.5. The Hall–Kier alpha value is -1.88. The third kappa shape index (κ3) is 3.42. The first-order valence-corrected chi connectivity index (χ1v) is 7.44. The lowest BCUT2D eigenvalue weighted by molar-refractivity contribution is 0.0699. The van der Waals surface area contributed by atoms with Crippen LogP contribution in [0.4, 0.5) is 0 Å². The van der Waals surface area contributed by atoms with Crippen LogP contribution in [0.25, 0.3) is 11.0 Å². The highest BCUT2D eigenvalue weighted by Crippen LogP contribution is 2.22. The van der Waals surface area contributed by atoms with Crippen molar-refractivity contribution < 1.29 is 15.0 Å². The fraction of sp³-hybridized carbons (Fsp3) is 0.500. The molecule has 1 atom stereocenters. The SMILES string of the molecule is CCCc1nc2c(C(=O)O)cccc2n1CCCC(C)O. The number of benzene rings is 1. The van der Waals surface area contributed by atoms with E-state index in [1.807, 2.05) is 6.07 Å².